The van der Waals surface area contributed by atoms with Crippen LogP contribution in [-0.4, -0.2) is 53.2 Å². The molecule has 138 valence electrons. The van der Waals surface area contributed by atoms with Crippen LogP contribution in [0, 0.1) is 13.8 Å². The normalized spacial score (nSPS) is 19.2. The van der Waals surface area contributed by atoms with E-state index in [-0.39, 0.29) is 10.9 Å². The van der Waals surface area contributed by atoms with Gasteiger partial charge in [-0.25, -0.2) is 8.42 Å². The van der Waals surface area contributed by atoms with E-state index in [4.69, 9.17) is 4.52 Å². The zero-order valence-corrected chi connectivity index (χ0v) is 16.2. The zero-order valence-electron chi connectivity index (χ0n) is 15.4. The van der Waals surface area contributed by atoms with Crippen LogP contribution in [0.4, 0.5) is 0 Å². The van der Waals surface area contributed by atoms with Crippen molar-refractivity contribution in [1.82, 2.24) is 24.1 Å². The van der Waals surface area contributed by atoms with Crippen LogP contribution >= 0.6 is 0 Å². The first-order chi connectivity index (χ1) is 11.7. The summed E-state index contributed by atoms with van der Waals surface area (Å²) in [7, 11) is 2.22. The van der Waals surface area contributed by atoms with Crippen molar-refractivity contribution in [1.29, 1.82) is 0 Å². The molecule has 1 aliphatic rings. The summed E-state index contributed by atoms with van der Waals surface area (Å²) in [5, 5.41) is 8.38. The first kappa shape index (κ1) is 18.1. The highest BCUT2D eigenvalue weighted by Crippen LogP contribution is 2.37. The van der Waals surface area contributed by atoms with Crippen LogP contribution in [0.25, 0.3) is 0 Å². The molecule has 3 rings (SSSR count). The minimum Gasteiger partial charge on any atom is -0.360 e. The number of aromatic nitrogens is 3. The molecule has 0 bridgehead atoms. The fourth-order valence-electron chi connectivity index (χ4n) is 3.45. The molecule has 9 heteroatoms. The fraction of sp³-hybridized carbons (Fsp3) is 0.625. The van der Waals surface area contributed by atoms with Crippen molar-refractivity contribution in [3.63, 3.8) is 0 Å². The molecule has 0 aromatic carbocycles. The molecule has 25 heavy (non-hydrogen) atoms. The smallest absolute Gasteiger partial charge is 0.249 e. The summed E-state index contributed by atoms with van der Waals surface area (Å²) in [5.74, 6) is 0.331. The Balaban J connectivity index is 1.96. The average Bonchev–Trinajstić information content (AvgIpc) is 3.19. The summed E-state index contributed by atoms with van der Waals surface area (Å²) in [4.78, 5) is 2.25. The van der Waals surface area contributed by atoms with Crippen molar-refractivity contribution in [2.24, 2.45) is 7.05 Å². The Labute approximate surface area is 148 Å². The topological polar surface area (TPSA) is 84.5 Å². The molecule has 1 fully saturated rings. The van der Waals surface area contributed by atoms with Crippen molar-refractivity contribution in [2.45, 2.75) is 44.2 Å². The van der Waals surface area contributed by atoms with E-state index < -0.39 is 10.0 Å². The van der Waals surface area contributed by atoms with E-state index in [1.165, 1.54) is 0 Å². The minimum atomic E-state index is -3.66. The van der Waals surface area contributed by atoms with E-state index in [9.17, 15) is 8.42 Å². The SMILES string of the molecule is Cc1noc(C)c1S(=O)(=O)N1CCCC1c1cc(CN(C)C)n(C)n1. The summed E-state index contributed by atoms with van der Waals surface area (Å²) in [6.07, 6.45) is 1.58. The summed E-state index contributed by atoms with van der Waals surface area (Å²) < 4.78 is 34.8. The third-order valence-electron chi connectivity index (χ3n) is 4.55. The van der Waals surface area contributed by atoms with Crippen LogP contribution in [0.5, 0.6) is 0 Å². The number of rotatable bonds is 5. The molecule has 0 radical (unpaired) electrons. The van der Waals surface area contributed by atoms with Crippen LogP contribution < -0.4 is 0 Å². The molecule has 3 heterocycles. The van der Waals surface area contributed by atoms with E-state index in [2.05, 4.69) is 15.2 Å². The van der Waals surface area contributed by atoms with Gasteiger partial charge >= 0.3 is 0 Å². The summed E-state index contributed by atoms with van der Waals surface area (Å²) >= 11 is 0. The summed E-state index contributed by atoms with van der Waals surface area (Å²) in [6.45, 7) is 4.53. The van der Waals surface area contributed by atoms with Gasteiger partial charge in [-0.15, -0.1) is 0 Å². The van der Waals surface area contributed by atoms with Crippen molar-refractivity contribution < 1.29 is 12.9 Å². The van der Waals surface area contributed by atoms with Crippen LogP contribution in [0.1, 0.15) is 41.7 Å². The van der Waals surface area contributed by atoms with Gasteiger partial charge in [0.2, 0.25) is 10.0 Å². The Kier molecular flexibility index (Phi) is 4.74. The molecule has 0 aliphatic carbocycles. The number of sulfonamides is 1. The van der Waals surface area contributed by atoms with E-state index in [1.807, 2.05) is 31.9 Å². The van der Waals surface area contributed by atoms with Gasteiger partial charge in [0.15, 0.2) is 5.76 Å². The van der Waals surface area contributed by atoms with Crippen LogP contribution in [-0.2, 0) is 23.6 Å². The average molecular weight is 367 g/mol. The molecule has 0 N–H and O–H groups in total. The number of hydrogen-bond donors (Lipinski definition) is 0. The second-order valence-electron chi connectivity index (χ2n) is 6.85. The summed E-state index contributed by atoms with van der Waals surface area (Å²) in [5.41, 5.74) is 2.26. The number of hydrogen-bond acceptors (Lipinski definition) is 6. The standard InChI is InChI=1S/C16H25N5O3S/c1-11-16(12(2)24-18-11)25(22,23)21-8-6-7-15(21)14-9-13(10-19(3)4)20(5)17-14/h9,15H,6-8,10H2,1-5H3. The Morgan fingerprint density at radius 1 is 1.36 bits per heavy atom. The number of nitrogens with zero attached hydrogens (tertiary/aromatic N) is 5. The molecule has 2 aromatic heterocycles. The zero-order chi connectivity index (χ0) is 18.4. The van der Waals surface area contributed by atoms with Gasteiger partial charge in [-0.05, 0) is 46.9 Å². The first-order valence-electron chi connectivity index (χ1n) is 8.34. The Morgan fingerprint density at radius 3 is 2.68 bits per heavy atom. The highest BCUT2D eigenvalue weighted by molar-refractivity contribution is 7.89. The highest BCUT2D eigenvalue weighted by Gasteiger charge is 2.40. The minimum absolute atomic E-state index is 0.184. The maximum atomic E-state index is 13.2. The predicted octanol–water partition coefficient (Wildman–Crippen LogP) is 1.61. The molecule has 1 unspecified atom stereocenters. The first-order valence-corrected chi connectivity index (χ1v) is 9.78. The van der Waals surface area contributed by atoms with E-state index in [1.54, 1.807) is 18.2 Å². The van der Waals surface area contributed by atoms with Gasteiger partial charge in [-0.2, -0.15) is 9.40 Å². The van der Waals surface area contributed by atoms with Gasteiger partial charge in [0, 0.05) is 20.1 Å². The molecule has 8 nitrogen and oxygen atoms in total. The Bertz CT molecular complexity index is 849. The maximum Gasteiger partial charge on any atom is 0.249 e. The van der Waals surface area contributed by atoms with Crippen LogP contribution in [0.2, 0.25) is 0 Å². The molecule has 0 saturated carbocycles. The monoisotopic (exact) mass is 367 g/mol. The Morgan fingerprint density at radius 2 is 2.08 bits per heavy atom. The maximum absolute atomic E-state index is 13.2. The lowest BCUT2D eigenvalue weighted by atomic mass is 10.1. The second kappa shape index (κ2) is 6.54. The van der Waals surface area contributed by atoms with Gasteiger partial charge in [-0.1, -0.05) is 5.16 Å². The molecule has 0 amide bonds. The third-order valence-corrected chi connectivity index (χ3v) is 6.71. The van der Waals surface area contributed by atoms with Crippen LogP contribution in [0.3, 0.4) is 0 Å². The molecule has 2 aromatic rings. The number of aryl methyl sites for hydroxylation is 3. The highest BCUT2D eigenvalue weighted by atomic mass is 32.2. The van der Waals surface area contributed by atoms with Gasteiger partial charge in [0.1, 0.15) is 10.6 Å². The fourth-order valence-corrected chi connectivity index (χ4v) is 5.41. The lowest BCUT2D eigenvalue weighted by molar-refractivity contribution is 0.379. The van der Waals surface area contributed by atoms with Gasteiger partial charge in [0.25, 0.3) is 0 Å². The van der Waals surface area contributed by atoms with Crippen LogP contribution in [0.15, 0.2) is 15.5 Å². The van der Waals surface area contributed by atoms with Gasteiger partial charge in [-0.3, -0.25) is 4.68 Å². The van der Waals surface area contributed by atoms with Gasteiger partial charge < -0.3 is 9.42 Å². The molecular formula is C16H25N5O3S. The third kappa shape index (κ3) is 3.23. The quantitative estimate of drug-likeness (QED) is 0.798. The van der Waals surface area contributed by atoms with Crippen molar-refractivity contribution in [2.75, 3.05) is 20.6 Å². The van der Waals surface area contributed by atoms with Crippen molar-refractivity contribution in [3.8, 4) is 0 Å². The molecule has 1 atom stereocenters. The van der Waals surface area contributed by atoms with E-state index in [0.717, 1.165) is 30.8 Å². The van der Waals surface area contributed by atoms with Crippen molar-refractivity contribution >= 4 is 10.0 Å². The lowest BCUT2D eigenvalue weighted by Gasteiger charge is -2.22. The Hall–Kier alpha value is -1.71. The van der Waals surface area contributed by atoms with E-state index in [0.29, 0.717) is 18.0 Å². The molecular weight excluding hydrogens is 342 g/mol. The molecule has 1 saturated heterocycles. The van der Waals surface area contributed by atoms with Crippen molar-refractivity contribution in [3.05, 3.63) is 28.9 Å². The van der Waals surface area contributed by atoms with Gasteiger partial charge in [0.05, 0.1) is 17.4 Å². The van der Waals surface area contributed by atoms with E-state index >= 15 is 0 Å². The second-order valence-corrected chi connectivity index (χ2v) is 8.68. The predicted molar refractivity (Wildman–Crippen MR) is 92.4 cm³/mol. The molecule has 0 spiro atoms. The largest absolute Gasteiger partial charge is 0.360 e. The summed E-state index contributed by atoms with van der Waals surface area (Å²) in [6, 6.07) is 1.76. The lowest BCUT2D eigenvalue weighted by Crippen LogP contribution is -2.31. The molecule has 1 aliphatic heterocycles.